The van der Waals surface area contributed by atoms with Crippen LogP contribution >= 0.6 is 15.9 Å². The van der Waals surface area contributed by atoms with E-state index < -0.39 is 8.32 Å². The Balaban J connectivity index is 2.68. The van der Waals surface area contributed by atoms with Gasteiger partial charge in [-0.2, -0.15) is 0 Å². The summed E-state index contributed by atoms with van der Waals surface area (Å²) < 4.78 is 7.24. The van der Waals surface area contributed by atoms with E-state index in [0.717, 1.165) is 10.2 Å². The Morgan fingerprint density at radius 2 is 2.05 bits per heavy atom. The molecule has 0 unspecified atom stereocenters. The molecule has 0 bridgehead atoms. The van der Waals surface area contributed by atoms with E-state index in [4.69, 9.17) is 4.43 Å². The van der Waals surface area contributed by atoms with Crippen molar-refractivity contribution in [2.24, 2.45) is 0 Å². The number of pyridine rings is 1. The molecule has 1 aromatic rings. The van der Waals surface area contributed by atoms with E-state index in [0.29, 0.717) is 6.61 Å². The fourth-order valence-electron chi connectivity index (χ4n) is 1.31. The Morgan fingerprint density at radius 3 is 2.58 bits per heavy atom. The fourth-order valence-corrected chi connectivity index (χ4v) is 2.68. The molecule has 2 nitrogen and oxygen atoms in total. The van der Waals surface area contributed by atoms with Crippen LogP contribution in [0.4, 0.5) is 0 Å². The second-order valence-electron chi connectivity index (χ2n) is 6.44. The predicted molar refractivity (Wildman–Crippen MR) is 88.7 cm³/mol. The second-order valence-corrected chi connectivity index (χ2v) is 12.2. The molecule has 0 saturated carbocycles. The summed E-state index contributed by atoms with van der Waals surface area (Å²) in [6, 6.07) is 3.94. The molecule has 0 atom stereocenters. The first-order valence-corrected chi connectivity index (χ1v) is 10.2. The van der Waals surface area contributed by atoms with Crippen LogP contribution in [0.5, 0.6) is 0 Å². The average Bonchev–Trinajstić information content (AvgIpc) is 2.25. The van der Waals surface area contributed by atoms with E-state index in [9.17, 15) is 0 Å². The zero-order valence-electron chi connectivity index (χ0n) is 12.7. The van der Waals surface area contributed by atoms with Crippen molar-refractivity contribution in [1.82, 2.24) is 4.98 Å². The Bertz CT molecular complexity index is 463. The van der Waals surface area contributed by atoms with E-state index in [-0.39, 0.29) is 5.04 Å². The zero-order chi connectivity index (χ0) is 14.7. The van der Waals surface area contributed by atoms with Crippen LogP contribution in [-0.2, 0) is 4.43 Å². The summed E-state index contributed by atoms with van der Waals surface area (Å²) in [5, 5.41) is 0.251. The molecule has 1 aromatic heterocycles. The average molecular weight is 342 g/mol. The van der Waals surface area contributed by atoms with E-state index in [1.165, 1.54) is 5.57 Å². The topological polar surface area (TPSA) is 22.1 Å². The van der Waals surface area contributed by atoms with Crippen LogP contribution in [0, 0.1) is 0 Å². The first-order chi connectivity index (χ1) is 8.62. The van der Waals surface area contributed by atoms with Crippen LogP contribution in [0.2, 0.25) is 18.1 Å². The lowest BCUT2D eigenvalue weighted by Gasteiger charge is -2.36. The van der Waals surface area contributed by atoms with Gasteiger partial charge in [0.05, 0.1) is 12.3 Å². The minimum Gasteiger partial charge on any atom is -0.413 e. The molecule has 4 heteroatoms. The van der Waals surface area contributed by atoms with E-state index in [2.05, 4.69) is 67.8 Å². The van der Waals surface area contributed by atoms with Crippen LogP contribution in [0.25, 0.3) is 6.08 Å². The zero-order valence-corrected chi connectivity index (χ0v) is 15.3. The maximum Gasteiger partial charge on any atom is 0.192 e. The number of hydrogen-bond acceptors (Lipinski definition) is 2. The summed E-state index contributed by atoms with van der Waals surface area (Å²) in [4.78, 5) is 4.32. The number of nitrogens with zero attached hydrogens (tertiary/aromatic N) is 1. The van der Waals surface area contributed by atoms with Gasteiger partial charge in [-0.15, -0.1) is 0 Å². The first-order valence-electron chi connectivity index (χ1n) is 6.54. The molecule has 1 rings (SSSR count). The van der Waals surface area contributed by atoms with Gasteiger partial charge in [-0.3, -0.25) is 4.98 Å². The standard InChI is InChI=1S/C15H24BrNOSi/c1-12(9-14-10-13(16)7-8-17-14)11-18-19(5,6)15(2,3)4/h7-10H,11H2,1-6H3/b12-9+. The molecule has 0 N–H and O–H groups in total. The van der Waals surface area contributed by atoms with Crippen LogP contribution in [0.1, 0.15) is 33.4 Å². The quantitative estimate of drug-likeness (QED) is 0.696. The van der Waals surface area contributed by atoms with Crippen molar-refractivity contribution < 1.29 is 4.43 Å². The normalized spacial score (nSPS) is 13.7. The van der Waals surface area contributed by atoms with Gasteiger partial charge >= 0.3 is 0 Å². The van der Waals surface area contributed by atoms with Crippen LogP contribution < -0.4 is 0 Å². The number of hydrogen-bond donors (Lipinski definition) is 0. The highest BCUT2D eigenvalue weighted by molar-refractivity contribution is 9.10. The maximum atomic E-state index is 6.19. The molecule has 19 heavy (non-hydrogen) atoms. The molecular formula is C15H24BrNOSi. The van der Waals surface area contributed by atoms with Gasteiger partial charge in [0.1, 0.15) is 0 Å². The minimum atomic E-state index is -1.67. The molecule has 0 aromatic carbocycles. The van der Waals surface area contributed by atoms with Crippen molar-refractivity contribution in [3.05, 3.63) is 34.1 Å². The largest absolute Gasteiger partial charge is 0.413 e. The van der Waals surface area contributed by atoms with Gasteiger partial charge in [-0.25, -0.2) is 0 Å². The van der Waals surface area contributed by atoms with Crippen molar-refractivity contribution in [3.63, 3.8) is 0 Å². The van der Waals surface area contributed by atoms with Gasteiger partial charge in [0.25, 0.3) is 0 Å². The molecule has 0 saturated heterocycles. The highest BCUT2D eigenvalue weighted by Crippen LogP contribution is 2.36. The molecule has 0 aliphatic rings. The van der Waals surface area contributed by atoms with Gasteiger partial charge in [0.2, 0.25) is 0 Å². The fraction of sp³-hybridized carbons (Fsp3) is 0.533. The Hall–Kier alpha value is -0.453. The van der Waals surface area contributed by atoms with Gasteiger partial charge in [0.15, 0.2) is 8.32 Å². The molecule has 0 aliphatic carbocycles. The van der Waals surface area contributed by atoms with Crippen LogP contribution in [0.3, 0.4) is 0 Å². The summed E-state index contributed by atoms with van der Waals surface area (Å²) in [6.45, 7) is 14.1. The summed E-state index contributed by atoms with van der Waals surface area (Å²) in [5.41, 5.74) is 2.17. The van der Waals surface area contributed by atoms with Crippen molar-refractivity contribution in [2.45, 2.75) is 45.8 Å². The highest BCUT2D eigenvalue weighted by atomic mass is 79.9. The molecule has 0 spiro atoms. The molecule has 0 radical (unpaired) electrons. The lowest BCUT2D eigenvalue weighted by molar-refractivity contribution is 0.319. The monoisotopic (exact) mass is 341 g/mol. The van der Waals surface area contributed by atoms with E-state index in [1.54, 1.807) is 6.20 Å². The maximum absolute atomic E-state index is 6.19. The second kappa shape index (κ2) is 6.33. The number of rotatable bonds is 4. The minimum absolute atomic E-state index is 0.251. The Morgan fingerprint density at radius 1 is 1.42 bits per heavy atom. The van der Waals surface area contributed by atoms with Crippen molar-refractivity contribution in [3.8, 4) is 0 Å². The van der Waals surface area contributed by atoms with Gasteiger partial charge < -0.3 is 4.43 Å². The van der Waals surface area contributed by atoms with Crippen molar-refractivity contribution in [2.75, 3.05) is 6.61 Å². The SMILES string of the molecule is C/C(=C\c1cc(Br)ccn1)CO[Si](C)(C)C(C)(C)C. The van der Waals surface area contributed by atoms with Crippen molar-refractivity contribution in [1.29, 1.82) is 0 Å². The third-order valence-corrected chi connectivity index (χ3v) is 8.58. The Labute approximate surface area is 126 Å². The lowest BCUT2D eigenvalue weighted by atomic mass is 10.2. The molecule has 1 heterocycles. The van der Waals surface area contributed by atoms with Crippen molar-refractivity contribution >= 4 is 30.3 Å². The molecule has 0 aliphatic heterocycles. The van der Waals surface area contributed by atoms with Gasteiger partial charge in [0, 0.05) is 10.7 Å². The van der Waals surface area contributed by atoms with Crippen LogP contribution in [0.15, 0.2) is 28.4 Å². The molecule has 0 fully saturated rings. The van der Waals surface area contributed by atoms with Gasteiger partial charge in [-0.1, -0.05) is 36.7 Å². The van der Waals surface area contributed by atoms with Crippen LogP contribution in [-0.4, -0.2) is 19.9 Å². The third-order valence-electron chi connectivity index (χ3n) is 3.60. The molecule has 106 valence electrons. The first kappa shape index (κ1) is 16.6. The summed E-state index contributed by atoms with van der Waals surface area (Å²) >= 11 is 3.46. The number of aromatic nitrogens is 1. The van der Waals surface area contributed by atoms with E-state index in [1.807, 2.05) is 12.1 Å². The van der Waals surface area contributed by atoms with E-state index >= 15 is 0 Å². The third kappa shape index (κ3) is 5.20. The Kier molecular flexibility index (Phi) is 5.53. The lowest BCUT2D eigenvalue weighted by Crippen LogP contribution is -2.41. The molecular weight excluding hydrogens is 318 g/mol. The number of halogens is 1. The smallest absolute Gasteiger partial charge is 0.192 e. The summed E-state index contributed by atoms with van der Waals surface area (Å²) in [6.07, 6.45) is 3.88. The summed E-state index contributed by atoms with van der Waals surface area (Å²) in [5.74, 6) is 0. The predicted octanol–water partition coefficient (Wildman–Crippen LogP) is 5.27. The van der Waals surface area contributed by atoms with Gasteiger partial charge in [-0.05, 0) is 48.8 Å². The molecule has 0 amide bonds. The highest BCUT2D eigenvalue weighted by Gasteiger charge is 2.36. The summed E-state index contributed by atoms with van der Waals surface area (Å²) in [7, 11) is -1.67.